The Labute approximate surface area is 166 Å². The normalized spacial score (nSPS) is 19.2. The molecule has 3 aromatic carbocycles. The predicted octanol–water partition coefficient (Wildman–Crippen LogP) is 5.02. The summed E-state index contributed by atoms with van der Waals surface area (Å²) in [7, 11) is 0. The summed E-state index contributed by atoms with van der Waals surface area (Å²) in [5, 5.41) is 3.24. The number of hydrogen-bond donors (Lipinski definition) is 2. The van der Waals surface area contributed by atoms with Gasteiger partial charge in [-0.25, -0.2) is 0 Å². The average Bonchev–Trinajstić information content (AvgIpc) is 2.76. The molecule has 2 atom stereocenters. The van der Waals surface area contributed by atoms with Crippen molar-refractivity contribution in [3.63, 3.8) is 0 Å². The van der Waals surface area contributed by atoms with Gasteiger partial charge in [0.2, 0.25) is 0 Å². The van der Waals surface area contributed by atoms with Crippen LogP contribution in [-0.2, 0) is 0 Å². The van der Waals surface area contributed by atoms with Gasteiger partial charge in [-0.05, 0) is 35.1 Å². The molecule has 1 fully saturated rings. The molecule has 0 unspecified atom stereocenters. The number of hydrogen-bond acceptors (Lipinski definition) is 2. The zero-order valence-electron chi connectivity index (χ0n) is 16.0. The zero-order chi connectivity index (χ0) is 19.3. The van der Waals surface area contributed by atoms with E-state index in [4.69, 9.17) is 5.73 Å². The topological polar surface area (TPSA) is 55.1 Å². The summed E-state index contributed by atoms with van der Waals surface area (Å²) >= 11 is 0. The molecular weight excluding hydrogens is 344 g/mol. The summed E-state index contributed by atoms with van der Waals surface area (Å²) in [6.45, 7) is 0. The fourth-order valence-electron chi connectivity index (χ4n) is 4.09. The van der Waals surface area contributed by atoms with Gasteiger partial charge in [0.25, 0.3) is 5.91 Å². The van der Waals surface area contributed by atoms with Crippen molar-refractivity contribution in [3.8, 4) is 22.3 Å². The van der Waals surface area contributed by atoms with Crippen LogP contribution in [0.5, 0.6) is 0 Å². The number of amides is 1. The Morgan fingerprint density at radius 1 is 0.750 bits per heavy atom. The van der Waals surface area contributed by atoms with Crippen LogP contribution in [0.3, 0.4) is 0 Å². The summed E-state index contributed by atoms with van der Waals surface area (Å²) in [5.74, 6) is -0.0411. The number of rotatable bonds is 4. The fraction of sp³-hybridized carbons (Fsp3) is 0.240. The van der Waals surface area contributed by atoms with Crippen molar-refractivity contribution in [1.82, 2.24) is 5.32 Å². The Morgan fingerprint density at radius 2 is 1.29 bits per heavy atom. The number of nitrogens with two attached hydrogens (primary N) is 1. The van der Waals surface area contributed by atoms with Crippen LogP contribution in [0.25, 0.3) is 22.3 Å². The summed E-state index contributed by atoms with van der Waals surface area (Å²) in [6, 6.07) is 26.3. The van der Waals surface area contributed by atoms with Gasteiger partial charge in [0.05, 0.1) is 5.56 Å². The minimum atomic E-state index is -0.0411. The largest absolute Gasteiger partial charge is 0.348 e. The smallest absolute Gasteiger partial charge is 0.252 e. The van der Waals surface area contributed by atoms with Gasteiger partial charge >= 0.3 is 0 Å². The molecule has 0 bridgehead atoms. The molecule has 4 rings (SSSR count). The SMILES string of the molecule is N[C@H]1CCCC[C@@H]1NC(=O)c1c(-c2ccccc2)cccc1-c1ccccc1. The standard InChI is InChI=1S/C25H26N2O/c26-22-16-7-8-17-23(22)27-25(28)24-20(18-10-3-1-4-11-18)14-9-15-21(24)19-12-5-2-6-13-19/h1-6,9-15,22-23H,7-8,16-17,26H2,(H,27,28)/t22-,23-/m0/s1. The van der Waals surface area contributed by atoms with E-state index in [1.54, 1.807) is 0 Å². The minimum absolute atomic E-state index is 0.0294. The van der Waals surface area contributed by atoms with Crippen molar-refractivity contribution in [2.24, 2.45) is 5.73 Å². The van der Waals surface area contributed by atoms with Gasteiger partial charge in [0.15, 0.2) is 0 Å². The maximum atomic E-state index is 13.5. The Kier molecular flexibility index (Phi) is 5.54. The number of nitrogens with one attached hydrogen (secondary N) is 1. The van der Waals surface area contributed by atoms with E-state index in [9.17, 15) is 4.79 Å². The molecule has 1 saturated carbocycles. The van der Waals surface area contributed by atoms with Crippen LogP contribution in [0, 0.1) is 0 Å². The first-order valence-electron chi connectivity index (χ1n) is 10.0. The van der Waals surface area contributed by atoms with E-state index >= 15 is 0 Å². The van der Waals surface area contributed by atoms with Gasteiger partial charge in [-0.1, -0.05) is 91.7 Å². The van der Waals surface area contributed by atoms with E-state index < -0.39 is 0 Å². The van der Waals surface area contributed by atoms with Crippen molar-refractivity contribution >= 4 is 5.91 Å². The van der Waals surface area contributed by atoms with E-state index in [0.717, 1.165) is 53.5 Å². The van der Waals surface area contributed by atoms with Crippen LogP contribution < -0.4 is 11.1 Å². The number of carbonyl (C=O) groups excluding carboxylic acids is 1. The first-order valence-corrected chi connectivity index (χ1v) is 10.0. The van der Waals surface area contributed by atoms with Gasteiger partial charge in [0, 0.05) is 12.1 Å². The lowest BCUT2D eigenvalue weighted by Gasteiger charge is -2.30. The predicted molar refractivity (Wildman–Crippen MR) is 115 cm³/mol. The highest BCUT2D eigenvalue weighted by atomic mass is 16.1. The molecule has 1 aliphatic carbocycles. The van der Waals surface area contributed by atoms with Crippen molar-refractivity contribution in [3.05, 3.63) is 84.4 Å². The summed E-state index contributed by atoms with van der Waals surface area (Å²) in [4.78, 5) is 13.5. The lowest BCUT2D eigenvalue weighted by Crippen LogP contribution is -2.49. The Bertz CT molecular complexity index is 880. The molecule has 0 aromatic heterocycles. The maximum Gasteiger partial charge on any atom is 0.252 e. The van der Waals surface area contributed by atoms with Crippen LogP contribution >= 0.6 is 0 Å². The van der Waals surface area contributed by atoms with Crippen molar-refractivity contribution in [2.75, 3.05) is 0 Å². The maximum absolute atomic E-state index is 13.5. The summed E-state index contributed by atoms with van der Waals surface area (Å²) in [5.41, 5.74) is 11.0. The first kappa shape index (κ1) is 18.5. The highest BCUT2D eigenvalue weighted by Crippen LogP contribution is 2.33. The van der Waals surface area contributed by atoms with E-state index in [1.165, 1.54) is 0 Å². The summed E-state index contributed by atoms with van der Waals surface area (Å²) in [6.07, 6.45) is 4.17. The second kappa shape index (κ2) is 8.41. The Balaban J connectivity index is 1.79. The van der Waals surface area contributed by atoms with E-state index in [1.807, 2.05) is 78.9 Å². The third-order valence-corrected chi connectivity index (χ3v) is 5.60. The van der Waals surface area contributed by atoms with Crippen LogP contribution in [0.4, 0.5) is 0 Å². The monoisotopic (exact) mass is 370 g/mol. The molecule has 142 valence electrons. The van der Waals surface area contributed by atoms with Crippen molar-refractivity contribution in [2.45, 2.75) is 37.8 Å². The second-order valence-electron chi connectivity index (χ2n) is 7.49. The Hall–Kier alpha value is -2.91. The molecular formula is C25H26N2O. The molecule has 0 radical (unpaired) electrons. The average molecular weight is 370 g/mol. The summed E-state index contributed by atoms with van der Waals surface area (Å²) < 4.78 is 0. The number of carbonyl (C=O) groups is 1. The van der Waals surface area contributed by atoms with Crippen LogP contribution in [0.1, 0.15) is 36.0 Å². The van der Waals surface area contributed by atoms with Crippen LogP contribution in [0.15, 0.2) is 78.9 Å². The molecule has 3 nitrogen and oxygen atoms in total. The molecule has 0 aliphatic heterocycles. The van der Waals surface area contributed by atoms with Gasteiger partial charge in [-0.2, -0.15) is 0 Å². The quantitative estimate of drug-likeness (QED) is 0.677. The molecule has 3 heteroatoms. The van der Waals surface area contributed by atoms with Crippen LogP contribution in [-0.4, -0.2) is 18.0 Å². The van der Waals surface area contributed by atoms with Crippen LogP contribution in [0.2, 0.25) is 0 Å². The lowest BCUT2D eigenvalue weighted by atomic mass is 9.88. The first-order chi connectivity index (χ1) is 13.7. The minimum Gasteiger partial charge on any atom is -0.348 e. The fourth-order valence-corrected chi connectivity index (χ4v) is 4.09. The lowest BCUT2D eigenvalue weighted by molar-refractivity contribution is 0.0922. The molecule has 3 aromatic rings. The van der Waals surface area contributed by atoms with Gasteiger partial charge in [-0.15, -0.1) is 0 Å². The second-order valence-corrected chi connectivity index (χ2v) is 7.49. The third-order valence-electron chi connectivity index (χ3n) is 5.60. The molecule has 0 saturated heterocycles. The third kappa shape index (κ3) is 3.85. The van der Waals surface area contributed by atoms with Gasteiger partial charge in [-0.3, -0.25) is 4.79 Å². The van der Waals surface area contributed by atoms with Gasteiger partial charge in [0.1, 0.15) is 0 Å². The molecule has 1 aliphatic rings. The molecule has 1 amide bonds. The molecule has 0 heterocycles. The highest BCUT2D eigenvalue weighted by Gasteiger charge is 2.26. The number of benzene rings is 3. The van der Waals surface area contributed by atoms with Gasteiger partial charge < -0.3 is 11.1 Å². The van der Waals surface area contributed by atoms with E-state index in [0.29, 0.717) is 0 Å². The molecule has 3 N–H and O–H groups in total. The van der Waals surface area contributed by atoms with E-state index in [2.05, 4.69) is 5.32 Å². The Morgan fingerprint density at radius 3 is 1.82 bits per heavy atom. The molecule has 0 spiro atoms. The highest BCUT2D eigenvalue weighted by molar-refractivity contribution is 6.07. The van der Waals surface area contributed by atoms with Crippen molar-refractivity contribution < 1.29 is 4.79 Å². The molecule has 28 heavy (non-hydrogen) atoms. The van der Waals surface area contributed by atoms with Crippen molar-refractivity contribution in [1.29, 1.82) is 0 Å². The van der Waals surface area contributed by atoms with E-state index in [-0.39, 0.29) is 18.0 Å². The zero-order valence-corrected chi connectivity index (χ0v) is 16.0.